The lowest BCUT2D eigenvalue weighted by Gasteiger charge is -2.15. The van der Waals surface area contributed by atoms with Crippen LogP contribution in [0.25, 0.3) is 0 Å². The van der Waals surface area contributed by atoms with E-state index in [9.17, 15) is 0 Å². The van der Waals surface area contributed by atoms with Gasteiger partial charge in [-0.1, -0.05) is 0 Å². The van der Waals surface area contributed by atoms with E-state index in [0.717, 1.165) is 12.2 Å². The average Bonchev–Trinajstić information content (AvgIpc) is 2.85. The van der Waals surface area contributed by atoms with Crippen LogP contribution in [0.1, 0.15) is 22.3 Å². The van der Waals surface area contributed by atoms with Crippen LogP contribution in [0.4, 0.5) is 0 Å². The highest BCUT2D eigenvalue weighted by Crippen LogP contribution is 2.25. The van der Waals surface area contributed by atoms with Gasteiger partial charge in [-0.25, -0.2) is 4.98 Å². The molecule has 1 atom stereocenters. The molecule has 86 valence electrons. The van der Waals surface area contributed by atoms with E-state index < -0.39 is 0 Å². The maximum absolute atomic E-state index is 4.26. The van der Waals surface area contributed by atoms with Crippen LogP contribution in [0.15, 0.2) is 17.8 Å². The number of aromatic nitrogens is 3. The fraction of sp³-hybridized carbons (Fsp3) is 0.455. The van der Waals surface area contributed by atoms with Crippen molar-refractivity contribution in [3.05, 3.63) is 34.0 Å². The molecule has 0 fully saturated rings. The molecule has 0 aliphatic carbocycles. The molecule has 0 bridgehead atoms. The third-order valence-electron chi connectivity index (χ3n) is 2.76. The van der Waals surface area contributed by atoms with Crippen LogP contribution < -0.4 is 5.32 Å². The summed E-state index contributed by atoms with van der Waals surface area (Å²) in [5.41, 5.74) is 1.34. The van der Waals surface area contributed by atoms with Gasteiger partial charge in [-0.15, -0.1) is 11.3 Å². The third kappa shape index (κ3) is 2.15. The number of aryl methyl sites for hydroxylation is 2. The first kappa shape index (κ1) is 11.3. The Balaban J connectivity index is 2.19. The zero-order valence-corrected chi connectivity index (χ0v) is 10.6. The summed E-state index contributed by atoms with van der Waals surface area (Å²) in [4.78, 5) is 5.64. The molecule has 0 aliphatic heterocycles. The second-order valence-corrected chi connectivity index (χ2v) is 4.76. The molecule has 4 nitrogen and oxygen atoms in total. The van der Waals surface area contributed by atoms with Crippen LogP contribution >= 0.6 is 11.3 Å². The molecule has 1 unspecified atom stereocenters. The average molecular weight is 236 g/mol. The molecule has 0 aromatic carbocycles. The number of rotatable bonds is 4. The summed E-state index contributed by atoms with van der Waals surface area (Å²) < 4.78 is 1.83. The fourth-order valence-electron chi connectivity index (χ4n) is 1.75. The summed E-state index contributed by atoms with van der Waals surface area (Å²) >= 11 is 1.79. The molecular formula is C11H16N4S. The van der Waals surface area contributed by atoms with Gasteiger partial charge in [-0.2, -0.15) is 5.10 Å². The van der Waals surface area contributed by atoms with Crippen molar-refractivity contribution in [2.24, 2.45) is 7.05 Å². The minimum atomic E-state index is 0.322. The van der Waals surface area contributed by atoms with E-state index >= 15 is 0 Å². The highest BCUT2D eigenvalue weighted by molar-refractivity contribution is 7.10. The molecular weight excluding hydrogens is 220 g/mol. The maximum atomic E-state index is 4.26. The molecule has 2 aromatic rings. The fourth-order valence-corrected chi connectivity index (χ4v) is 2.79. The Kier molecular flexibility index (Phi) is 3.36. The van der Waals surface area contributed by atoms with Gasteiger partial charge < -0.3 is 5.32 Å². The number of thiophene rings is 1. The Morgan fingerprint density at radius 2 is 2.38 bits per heavy atom. The first-order valence-electron chi connectivity index (χ1n) is 5.26. The molecule has 0 amide bonds. The third-order valence-corrected chi connectivity index (χ3v) is 3.89. The van der Waals surface area contributed by atoms with E-state index in [0.29, 0.717) is 6.04 Å². The van der Waals surface area contributed by atoms with Crippen molar-refractivity contribution in [3.8, 4) is 0 Å². The number of nitrogens with zero attached hydrogens (tertiary/aromatic N) is 3. The van der Waals surface area contributed by atoms with Crippen molar-refractivity contribution < 1.29 is 0 Å². The van der Waals surface area contributed by atoms with Crippen molar-refractivity contribution in [1.82, 2.24) is 20.1 Å². The van der Waals surface area contributed by atoms with Gasteiger partial charge in [0.15, 0.2) is 0 Å². The van der Waals surface area contributed by atoms with E-state index in [2.05, 4.69) is 33.8 Å². The first-order chi connectivity index (χ1) is 7.72. The summed E-state index contributed by atoms with van der Waals surface area (Å²) in [7, 11) is 3.91. The summed E-state index contributed by atoms with van der Waals surface area (Å²) in [6.45, 7) is 2.15. The van der Waals surface area contributed by atoms with Crippen molar-refractivity contribution in [1.29, 1.82) is 0 Å². The molecule has 16 heavy (non-hydrogen) atoms. The minimum absolute atomic E-state index is 0.322. The van der Waals surface area contributed by atoms with E-state index in [1.807, 2.05) is 18.8 Å². The van der Waals surface area contributed by atoms with Crippen molar-refractivity contribution >= 4 is 11.3 Å². The molecule has 2 rings (SSSR count). The molecule has 5 heteroatoms. The van der Waals surface area contributed by atoms with Gasteiger partial charge in [0, 0.05) is 24.4 Å². The summed E-state index contributed by atoms with van der Waals surface area (Å²) in [5, 5.41) is 9.56. The van der Waals surface area contributed by atoms with Crippen LogP contribution in [-0.4, -0.2) is 21.8 Å². The molecule has 2 aromatic heterocycles. The lowest BCUT2D eigenvalue weighted by Crippen LogP contribution is -2.20. The zero-order chi connectivity index (χ0) is 11.5. The molecule has 0 spiro atoms. The lowest BCUT2D eigenvalue weighted by molar-refractivity contribution is 0.559. The Morgan fingerprint density at radius 3 is 2.88 bits per heavy atom. The van der Waals surface area contributed by atoms with E-state index in [4.69, 9.17) is 0 Å². The zero-order valence-electron chi connectivity index (χ0n) is 9.77. The van der Waals surface area contributed by atoms with Crippen LogP contribution in [-0.2, 0) is 13.5 Å². The van der Waals surface area contributed by atoms with Crippen LogP contribution in [0, 0.1) is 6.92 Å². The van der Waals surface area contributed by atoms with Gasteiger partial charge in [0.1, 0.15) is 12.2 Å². The van der Waals surface area contributed by atoms with E-state index in [-0.39, 0.29) is 0 Å². The van der Waals surface area contributed by atoms with Crippen LogP contribution in [0.3, 0.4) is 0 Å². The van der Waals surface area contributed by atoms with Gasteiger partial charge in [-0.05, 0) is 31.0 Å². The normalized spacial score (nSPS) is 12.9. The second-order valence-electron chi connectivity index (χ2n) is 3.81. The topological polar surface area (TPSA) is 42.7 Å². The van der Waals surface area contributed by atoms with Gasteiger partial charge >= 0.3 is 0 Å². The van der Waals surface area contributed by atoms with Gasteiger partial charge in [0.2, 0.25) is 0 Å². The predicted octanol–water partition coefficient (Wildman–Crippen LogP) is 1.69. The molecule has 2 heterocycles. The van der Waals surface area contributed by atoms with Gasteiger partial charge in [0.05, 0.1) is 0 Å². The molecule has 0 saturated heterocycles. The largest absolute Gasteiger partial charge is 0.312 e. The number of likely N-dealkylation sites (N-methyl/N-ethyl adjacent to an activating group) is 1. The monoisotopic (exact) mass is 236 g/mol. The Bertz CT molecular complexity index is 460. The minimum Gasteiger partial charge on any atom is -0.312 e. The van der Waals surface area contributed by atoms with Gasteiger partial charge in [-0.3, -0.25) is 4.68 Å². The smallest absolute Gasteiger partial charge is 0.138 e. The predicted molar refractivity (Wildman–Crippen MR) is 65.6 cm³/mol. The number of hydrogen-bond donors (Lipinski definition) is 1. The van der Waals surface area contributed by atoms with E-state index in [1.54, 1.807) is 17.7 Å². The number of nitrogens with one attached hydrogen (secondary N) is 1. The van der Waals surface area contributed by atoms with Crippen molar-refractivity contribution in [2.75, 3.05) is 7.05 Å². The molecule has 0 aliphatic rings. The molecule has 1 N–H and O–H groups in total. The summed E-state index contributed by atoms with van der Waals surface area (Å²) in [6.07, 6.45) is 2.47. The highest BCUT2D eigenvalue weighted by atomic mass is 32.1. The lowest BCUT2D eigenvalue weighted by atomic mass is 10.1. The van der Waals surface area contributed by atoms with E-state index in [1.165, 1.54) is 10.4 Å². The van der Waals surface area contributed by atoms with Crippen LogP contribution in [0.2, 0.25) is 0 Å². The van der Waals surface area contributed by atoms with Crippen molar-refractivity contribution in [2.45, 2.75) is 19.4 Å². The highest BCUT2D eigenvalue weighted by Gasteiger charge is 2.16. The molecule has 0 radical (unpaired) electrons. The van der Waals surface area contributed by atoms with Crippen LogP contribution in [0.5, 0.6) is 0 Å². The maximum Gasteiger partial charge on any atom is 0.138 e. The van der Waals surface area contributed by atoms with Crippen molar-refractivity contribution in [3.63, 3.8) is 0 Å². The Labute approximate surface area is 99.3 Å². The number of hydrogen-bond acceptors (Lipinski definition) is 4. The Hall–Kier alpha value is -1.20. The molecule has 0 saturated carbocycles. The standard InChI is InChI=1S/C11H16N4S/c1-8-4-5-16-11(8)9(12-2)6-10-13-7-14-15(10)3/h4-5,7,9,12H,6H2,1-3H3. The van der Waals surface area contributed by atoms with Gasteiger partial charge in [0.25, 0.3) is 0 Å². The Morgan fingerprint density at radius 1 is 1.56 bits per heavy atom. The summed E-state index contributed by atoms with van der Waals surface area (Å²) in [6, 6.07) is 2.48. The first-order valence-corrected chi connectivity index (χ1v) is 6.14. The quantitative estimate of drug-likeness (QED) is 0.878. The second kappa shape index (κ2) is 4.76. The SMILES string of the molecule is CNC(Cc1ncnn1C)c1sccc1C. The summed E-state index contributed by atoms with van der Waals surface area (Å²) in [5.74, 6) is 1.01.